The van der Waals surface area contributed by atoms with Gasteiger partial charge in [0, 0.05) is 34.5 Å². The van der Waals surface area contributed by atoms with E-state index < -0.39 is 14.8 Å². The zero-order valence-electron chi connectivity index (χ0n) is 14.5. The predicted molar refractivity (Wildman–Crippen MR) is 103 cm³/mol. The van der Waals surface area contributed by atoms with Crippen molar-refractivity contribution >= 4 is 27.3 Å². The number of nitrogens with zero attached hydrogens (tertiary/aromatic N) is 3. The number of hydrogen-bond donors (Lipinski definition) is 0. The molecule has 0 atom stereocenters. The van der Waals surface area contributed by atoms with Crippen LogP contribution in [0.2, 0.25) is 0 Å². The molecule has 0 aliphatic heterocycles. The fraction of sp³-hybridized carbons (Fsp3) is 0.111. The van der Waals surface area contributed by atoms with Crippen LogP contribution in [0.5, 0.6) is 0 Å². The summed E-state index contributed by atoms with van der Waals surface area (Å²) in [5.41, 5.74) is 1.14. The summed E-state index contributed by atoms with van der Waals surface area (Å²) in [6.45, 7) is 1.79. The molecule has 0 unspecified atom stereocenters. The molecule has 138 valence electrons. The molecule has 1 aromatic heterocycles. The highest BCUT2D eigenvalue weighted by atomic mass is 32.2. The van der Waals surface area contributed by atoms with Gasteiger partial charge in [-0.15, -0.1) is 0 Å². The Morgan fingerprint density at radius 1 is 1.04 bits per heavy atom. The van der Waals surface area contributed by atoms with Gasteiger partial charge in [-0.1, -0.05) is 36.0 Å². The lowest BCUT2D eigenvalue weighted by molar-refractivity contribution is -0.384. The van der Waals surface area contributed by atoms with Crippen LogP contribution in [0.4, 0.5) is 5.69 Å². The van der Waals surface area contributed by atoms with E-state index >= 15 is 0 Å². The van der Waals surface area contributed by atoms with Crippen LogP contribution in [0, 0.1) is 17.0 Å². The first-order valence-corrected chi connectivity index (χ1v) is 10.5. The van der Waals surface area contributed by atoms with Crippen molar-refractivity contribution in [3.63, 3.8) is 0 Å². The van der Waals surface area contributed by atoms with Gasteiger partial charge in [0.25, 0.3) is 5.69 Å². The predicted octanol–water partition coefficient (Wildman–Crippen LogP) is 3.91. The highest BCUT2D eigenvalue weighted by Gasteiger charge is 2.16. The normalized spacial score (nSPS) is 11.3. The van der Waals surface area contributed by atoms with E-state index in [1.54, 1.807) is 49.4 Å². The number of hydrogen-bond acceptors (Lipinski definition) is 7. The van der Waals surface area contributed by atoms with E-state index in [2.05, 4.69) is 9.97 Å². The minimum atomic E-state index is -3.38. The third kappa shape index (κ3) is 4.50. The highest BCUT2D eigenvalue weighted by Crippen LogP contribution is 2.33. The maximum absolute atomic E-state index is 12.0. The number of nitro benzene ring substituents is 1. The quantitative estimate of drug-likeness (QED) is 0.363. The van der Waals surface area contributed by atoms with Gasteiger partial charge in [-0.3, -0.25) is 10.1 Å². The Balaban J connectivity index is 2.03. The first kappa shape index (κ1) is 19.0. The summed E-state index contributed by atoms with van der Waals surface area (Å²) in [6.07, 6.45) is 1.16. The lowest BCUT2D eigenvalue weighted by atomic mass is 10.2. The number of rotatable bonds is 5. The van der Waals surface area contributed by atoms with Gasteiger partial charge in [-0.2, -0.15) is 0 Å². The monoisotopic (exact) mass is 401 g/mol. The molecular weight excluding hydrogens is 386 g/mol. The molecule has 0 spiro atoms. The smallest absolute Gasteiger partial charge is 0.258 e. The van der Waals surface area contributed by atoms with Gasteiger partial charge >= 0.3 is 0 Å². The van der Waals surface area contributed by atoms with Crippen LogP contribution in [-0.2, 0) is 9.84 Å². The second-order valence-electron chi connectivity index (χ2n) is 5.80. The Kier molecular flexibility index (Phi) is 5.24. The maximum atomic E-state index is 12.0. The largest absolute Gasteiger partial charge is 0.270 e. The molecule has 0 saturated carbocycles. The summed E-state index contributed by atoms with van der Waals surface area (Å²) in [6, 6.07) is 14.5. The molecule has 1 heterocycles. The fourth-order valence-corrected chi connectivity index (χ4v) is 4.67. The number of sulfone groups is 1. The molecule has 7 nitrogen and oxygen atoms in total. The second kappa shape index (κ2) is 7.45. The van der Waals surface area contributed by atoms with Crippen molar-refractivity contribution in [2.75, 3.05) is 6.26 Å². The average Bonchev–Trinajstić information content (AvgIpc) is 2.61. The maximum Gasteiger partial charge on any atom is 0.270 e. The summed E-state index contributed by atoms with van der Waals surface area (Å²) in [7, 11) is -3.38. The molecule has 0 amide bonds. The average molecular weight is 401 g/mol. The van der Waals surface area contributed by atoms with Crippen LogP contribution in [0.3, 0.4) is 0 Å². The Morgan fingerprint density at radius 2 is 1.78 bits per heavy atom. The molecule has 27 heavy (non-hydrogen) atoms. The molecule has 3 aromatic rings. The van der Waals surface area contributed by atoms with E-state index in [4.69, 9.17) is 0 Å². The first-order valence-electron chi connectivity index (χ1n) is 7.81. The summed E-state index contributed by atoms with van der Waals surface area (Å²) < 4.78 is 24.0. The van der Waals surface area contributed by atoms with Crippen molar-refractivity contribution in [2.45, 2.75) is 21.7 Å². The third-order valence-corrected chi connectivity index (χ3v) is 5.89. The molecule has 0 fully saturated rings. The topological polar surface area (TPSA) is 103 Å². The summed E-state index contributed by atoms with van der Waals surface area (Å²) in [5.74, 6) is 0.345. The van der Waals surface area contributed by atoms with Crippen molar-refractivity contribution in [2.24, 2.45) is 0 Å². The molecule has 0 N–H and O–H groups in total. The van der Waals surface area contributed by atoms with Crippen molar-refractivity contribution < 1.29 is 13.3 Å². The van der Waals surface area contributed by atoms with Crippen molar-refractivity contribution in [3.05, 3.63) is 70.4 Å². The van der Waals surface area contributed by atoms with Crippen LogP contribution in [0.15, 0.2) is 69.4 Å². The van der Waals surface area contributed by atoms with E-state index in [0.29, 0.717) is 27.0 Å². The van der Waals surface area contributed by atoms with Crippen LogP contribution in [-0.4, -0.2) is 29.6 Å². The van der Waals surface area contributed by atoms with E-state index in [1.807, 2.05) is 0 Å². The Morgan fingerprint density at radius 3 is 2.48 bits per heavy atom. The minimum absolute atomic E-state index is 0.0470. The molecule has 0 saturated heterocycles. The zero-order chi connectivity index (χ0) is 19.6. The van der Waals surface area contributed by atoms with Crippen molar-refractivity contribution in [3.8, 4) is 11.4 Å². The number of non-ortho nitro benzene ring substituents is 1. The number of aromatic nitrogens is 2. The van der Waals surface area contributed by atoms with Gasteiger partial charge in [0.1, 0.15) is 5.03 Å². The molecule has 2 aromatic carbocycles. The summed E-state index contributed by atoms with van der Waals surface area (Å²) >= 11 is 1.21. The van der Waals surface area contributed by atoms with Gasteiger partial charge < -0.3 is 0 Å². The van der Waals surface area contributed by atoms with Gasteiger partial charge in [0.15, 0.2) is 15.7 Å². The zero-order valence-corrected chi connectivity index (χ0v) is 16.1. The molecule has 9 heteroatoms. The van der Waals surface area contributed by atoms with Gasteiger partial charge in [0.05, 0.1) is 9.82 Å². The standard InChI is InChI=1S/C18H15N3O4S2/c1-12-10-17(26-15-8-3-4-9-16(15)27(2,24)25)20-18(19-12)13-6-5-7-14(11-13)21(22)23/h3-11H,1-2H3. The van der Waals surface area contributed by atoms with Gasteiger partial charge in [-0.05, 0) is 25.1 Å². The minimum Gasteiger partial charge on any atom is -0.258 e. The van der Waals surface area contributed by atoms with E-state index in [9.17, 15) is 18.5 Å². The molecule has 0 aliphatic rings. The van der Waals surface area contributed by atoms with Crippen LogP contribution >= 0.6 is 11.8 Å². The third-order valence-electron chi connectivity index (χ3n) is 3.61. The summed E-state index contributed by atoms with van der Waals surface area (Å²) in [4.78, 5) is 20.1. The fourth-order valence-electron chi connectivity index (χ4n) is 2.43. The number of benzene rings is 2. The van der Waals surface area contributed by atoms with Crippen molar-refractivity contribution in [1.29, 1.82) is 0 Å². The van der Waals surface area contributed by atoms with Crippen LogP contribution < -0.4 is 0 Å². The van der Waals surface area contributed by atoms with Gasteiger partial charge in [0.2, 0.25) is 0 Å². The first-order chi connectivity index (χ1) is 12.7. The lowest BCUT2D eigenvalue weighted by Crippen LogP contribution is -2.00. The van der Waals surface area contributed by atoms with Gasteiger partial charge in [-0.25, -0.2) is 18.4 Å². The summed E-state index contributed by atoms with van der Waals surface area (Å²) in [5, 5.41) is 11.6. The van der Waals surface area contributed by atoms with Crippen LogP contribution in [0.1, 0.15) is 5.69 Å². The SMILES string of the molecule is Cc1cc(Sc2ccccc2S(C)(=O)=O)nc(-c2cccc([N+](=O)[O-])c2)n1. The second-order valence-corrected chi connectivity index (χ2v) is 8.85. The molecule has 0 bridgehead atoms. The van der Waals surface area contributed by atoms with E-state index in [1.165, 1.54) is 23.9 Å². The highest BCUT2D eigenvalue weighted by molar-refractivity contribution is 8.00. The molecule has 3 rings (SSSR count). The lowest BCUT2D eigenvalue weighted by Gasteiger charge is -2.09. The van der Waals surface area contributed by atoms with Crippen LogP contribution in [0.25, 0.3) is 11.4 Å². The molecular formula is C18H15N3O4S2. The Hall–Kier alpha value is -2.78. The van der Waals surface area contributed by atoms with E-state index in [0.717, 1.165) is 6.26 Å². The number of aryl methyl sites for hydroxylation is 1. The molecule has 0 radical (unpaired) electrons. The Bertz CT molecular complexity index is 1130. The number of nitro groups is 1. The Labute approximate surface area is 160 Å². The molecule has 0 aliphatic carbocycles. The van der Waals surface area contributed by atoms with E-state index in [-0.39, 0.29) is 10.6 Å². The van der Waals surface area contributed by atoms with Crippen molar-refractivity contribution in [1.82, 2.24) is 9.97 Å².